The molecule has 7 aromatic carbocycles. The summed E-state index contributed by atoms with van der Waals surface area (Å²) >= 11 is 0. The van der Waals surface area contributed by atoms with E-state index in [1.165, 1.54) is 0 Å². The molecule has 56 heavy (non-hydrogen) atoms. The SMILES string of the molecule is c1ccc(-c2ccc(-c3nc(-c4ccccc4)c4oc5cc6c(cc5c4n3)c3ccccc3n6-c3nc(-c4ccccc4)nc(-c4ccccc4)n3)cc2)cc1. The lowest BCUT2D eigenvalue weighted by Gasteiger charge is -2.10. The maximum Gasteiger partial charge on any atom is 0.238 e. The number of furan rings is 1. The standard InChI is InChI=1S/C49H30N6O/c1-5-15-31(16-6-1)32-25-27-36(28-26-32)46-50-43(33-17-7-2-8-18-33)45-44(51-46)39-29-38-37-23-13-14-24-40(37)55(41(38)30-42(39)56-45)49-53-47(34-19-9-3-10-20-34)52-48(54-49)35-21-11-4-12-22-35/h1-30H. The Bertz CT molecular complexity index is 3160. The average Bonchev–Trinajstić information content (AvgIpc) is 3.81. The van der Waals surface area contributed by atoms with E-state index in [1.807, 2.05) is 91.0 Å². The molecule has 7 nitrogen and oxygen atoms in total. The van der Waals surface area contributed by atoms with Crippen LogP contribution in [-0.4, -0.2) is 29.5 Å². The van der Waals surface area contributed by atoms with Crippen molar-refractivity contribution >= 4 is 43.9 Å². The molecule has 11 aromatic rings. The zero-order chi connectivity index (χ0) is 37.0. The van der Waals surface area contributed by atoms with Crippen molar-refractivity contribution in [2.75, 3.05) is 0 Å². The van der Waals surface area contributed by atoms with Gasteiger partial charge in [-0.2, -0.15) is 9.97 Å². The number of fused-ring (bicyclic) bond motifs is 6. The van der Waals surface area contributed by atoms with Crippen molar-refractivity contribution < 1.29 is 4.42 Å². The van der Waals surface area contributed by atoms with Gasteiger partial charge in [-0.25, -0.2) is 15.0 Å². The molecule has 0 aliphatic rings. The Labute approximate surface area is 321 Å². The molecule has 4 heterocycles. The highest BCUT2D eigenvalue weighted by Crippen LogP contribution is 2.40. The van der Waals surface area contributed by atoms with Crippen LogP contribution in [0, 0.1) is 0 Å². The second kappa shape index (κ2) is 13.0. The molecule has 0 spiro atoms. The van der Waals surface area contributed by atoms with Crippen LogP contribution in [0.25, 0.3) is 106 Å². The van der Waals surface area contributed by atoms with Crippen LogP contribution >= 0.6 is 0 Å². The first kappa shape index (κ1) is 31.7. The Balaban J connectivity index is 1.15. The molecule has 7 heteroatoms. The summed E-state index contributed by atoms with van der Waals surface area (Å²) in [6.45, 7) is 0. The zero-order valence-electron chi connectivity index (χ0n) is 29.9. The smallest absolute Gasteiger partial charge is 0.238 e. The number of benzene rings is 7. The summed E-state index contributed by atoms with van der Waals surface area (Å²) in [5, 5.41) is 3.01. The normalized spacial score (nSPS) is 11.6. The fourth-order valence-corrected chi connectivity index (χ4v) is 7.58. The van der Waals surface area contributed by atoms with Crippen molar-refractivity contribution in [1.29, 1.82) is 0 Å². The highest BCUT2D eigenvalue weighted by atomic mass is 16.3. The molecule has 0 unspecified atom stereocenters. The zero-order valence-corrected chi connectivity index (χ0v) is 29.9. The van der Waals surface area contributed by atoms with Crippen LogP contribution < -0.4 is 0 Å². The molecule has 0 N–H and O–H groups in total. The van der Waals surface area contributed by atoms with Gasteiger partial charge in [-0.3, -0.25) is 4.57 Å². The van der Waals surface area contributed by atoms with Crippen molar-refractivity contribution in [1.82, 2.24) is 29.5 Å². The van der Waals surface area contributed by atoms with Gasteiger partial charge in [0.25, 0.3) is 0 Å². The van der Waals surface area contributed by atoms with Crippen molar-refractivity contribution in [2.45, 2.75) is 0 Å². The maximum absolute atomic E-state index is 6.80. The Hall–Kier alpha value is -7.77. The Morgan fingerprint density at radius 2 is 0.857 bits per heavy atom. The van der Waals surface area contributed by atoms with Gasteiger partial charge in [0.1, 0.15) is 16.8 Å². The second-order valence-corrected chi connectivity index (χ2v) is 13.7. The van der Waals surface area contributed by atoms with Crippen LogP contribution in [0.5, 0.6) is 0 Å². The fourth-order valence-electron chi connectivity index (χ4n) is 7.58. The summed E-state index contributed by atoms with van der Waals surface area (Å²) in [4.78, 5) is 25.5. The Morgan fingerprint density at radius 1 is 0.357 bits per heavy atom. The third-order valence-corrected chi connectivity index (χ3v) is 10.3. The minimum absolute atomic E-state index is 0.519. The number of hydrogen-bond acceptors (Lipinski definition) is 6. The predicted molar refractivity (Wildman–Crippen MR) is 224 cm³/mol. The van der Waals surface area contributed by atoms with E-state index in [9.17, 15) is 0 Å². The summed E-state index contributed by atoms with van der Waals surface area (Å²) in [5.74, 6) is 2.34. The molecule has 262 valence electrons. The maximum atomic E-state index is 6.80. The second-order valence-electron chi connectivity index (χ2n) is 13.7. The van der Waals surface area contributed by atoms with Gasteiger partial charge in [-0.15, -0.1) is 0 Å². The van der Waals surface area contributed by atoms with E-state index in [-0.39, 0.29) is 0 Å². The highest BCUT2D eigenvalue weighted by Gasteiger charge is 2.23. The third-order valence-electron chi connectivity index (χ3n) is 10.3. The molecule has 0 atom stereocenters. The van der Waals surface area contributed by atoms with Gasteiger partial charge >= 0.3 is 0 Å². The number of aromatic nitrogens is 6. The summed E-state index contributed by atoms with van der Waals surface area (Å²) in [5.41, 5.74) is 10.7. The average molecular weight is 719 g/mol. The lowest BCUT2D eigenvalue weighted by molar-refractivity contribution is 0.667. The molecule has 0 fully saturated rings. The van der Waals surface area contributed by atoms with Crippen LogP contribution in [-0.2, 0) is 0 Å². The summed E-state index contributed by atoms with van der Waals surface area (Å²) in [6, 6.07) is 61.7. The molecular formula is C49H30N6O. The summed E-state index contributed by atoms with van der Waals surface area (Å²) < 4.78 is 8.91. The van der Waals surface area contributed by atoms with Crippen LogP contribution in [0.15, 0.2) is 186 Å². The third kappa shape index (κ3) is 5.33. The molecular weight excluding hydrogens is 689 g/mol. The van der Waals surface area contributed by atoms with Crippen molar-refractivity contribution in [2.24, 2.45) is 0 Å². The Kier molecular flexibility index (Phi) is 7.35. The molecule has 4 aromatic heterocycles. The monoisotopic (exact) mass is 718 g/mol. The molecule has 0 bridgehead atoms. The van der Waals surface area contributed by atoms with Crippen molar-refractivity contribution in [3.63, 3.8) is 0 Å². The molecule has 0 radical (unpaired) electrons. The summed E-state index contributed by atoms with van der Waals surface area (Å²) in [7, 11) is 0. The van der Waals surface area contributed by atoms with Crippen LogP contribution in [0.3, 0.4) is 0 Å². The molecule has 11 rings (SSSR count). The van der Waals surface area contributed by atoms with Gasteiger partial charge in [-0.05, 0) is 23.3 Å². The van der Waals surface area contributed by atoms with Crippen LogP contribution in [0.4, 0.5) is 0 Å². The van der Waals surface area contributed by atoms with Crippen molar-refractivity contribution in [3.8, 4) is 62.5 Å². The van der Waals surface area contributed by atoms with E-state index in [1.54, 1.807) is 0 Å². The molecule has 0 aliphatic carbocycles. The van der Waals surface area contributed by atoms with Gasteiger partial charge in [0.05, 0.1) is 11.0 Å². The van der Waals surface area contributed by atoms with Gasteiger partial charge < -0.3 is 4.42 Å². The van der Waals surface area contributed by atoms with Gasteiger partial charge in [0, 0.05) is 44.5 Å². The van der Waals surface area contributed by atoms with E-state index in [2.05, 4.69) is 95.6 Å². The number of rotatable bonds is 6. The van der Waals surface area contributed by atoms with E-state index in [0.717, 1.165) is 71.8 Å². The molecule has 0 saturated heterocycles. The first-order valence-electron chi connectivity index (χ1n) is 18.5. The molecule has 0 saturated carbocycles. The van der Waals surface area contributed by atoms with E-state index in [0.29, 0.717) is 34.6 Å². The van der Waals surface area contributed by atoms with E-state index in [4.69, 9.17) is 29.3 Å². The minimum atomic E-state index is 0.519. The highest BCUT2D eigenvalue weighted by molar-refractivity contribution is 6.17. The van der Waals surface area contributed by atoms with E-state index >= 15 is 0 Å². The largest absolute Gasteiger partial charge is 0.452 e. The minimum Gasteiger partial charge on any atom is -0.452 e. The first-order chi connectivity index (χ1) is 27.7. The summed E-state index contributed by atoms with van der Waals surface area (Å²) in [6.07, 6.45) is 0. The van der Waals surface area contributed by atoms with Gasteiger partial charge in [-0.1, -0.05) is 164 Å². The Morgan fingerprint density at radius 3 is 1.50 bits per heavy atom. The lowest BCUT2D eigenvalue weighted by atomic mass is 10.0. The van der Waals surface area contributed by atoms with Crippen molar-refractivity contribution in [3.05, 3.63) is 182 Å². The first-order valence-corrected chi connectivity index (χ1v) is 18.5. The quantitative estimate of drug-likeness (QED) is 0.170. The van der Waals surface area contributed by atoms with Crippen LogP contribution in [0.1, 0.15) is 0 Å². The lowest BCUT2D eigenvalue weighted by Crippen LogP contribution is -2.06. The van der Waals surface area contributed by atoms with Gasteiger partial charge in [0.2, 0.25) is 5.95 Å². The van der Waals surface area contributed by atoms with E-state index < -0.39 is 0 Å². The number of para-hydroxylation sites is 1. The number of nitrogens with zero attached hydrogens (tertiary/aromatic N) is 6. The molecule has 0 amide bonds. The van der Waals surface area contributed by atoms with Gasteiger partial charge in [0.15, 0.2) is 23.1 Å². The predicted octanol–water partition coefficient (Wildman–Crippen LogP) is 12.0. The fraction of sp³-hybridized carbons (Fsp3) is 0. The molecule has 0 aliphatic heterocycles. The van der Waals surface area contributed by atoms with Crippen LogP contribution in [0.2, 0.25) is 0 Å². The topological polar surface area (TPSA) is 82.5 Å². The number of hydrogen-bond donors (Lipinski definition) is 0.